The van der Waals surface area contributed by atoms with Crippen LogP contribution in [0.3, 0.4) is 0 Å². The Bertz CT molecular complexity index is 417. The van der Waals surface area contributed by atoms with Crippen LogP contribution in [0.15, 0.2) is 29.2 Å². The van der Waals surface area contributed by atoms with Crippen LogP contribution in [0.2, 0.25) is 0 Å². The number of thioether (sulfide) groups is 1. The number of fused-ring (bicyclic) bond motifs is 1. The molecule has 0 amide bonds. The third-order valence-electron chi connectivity index (χ3n) is 4.89. The maximum absolute atomic E-state index is 3.76. The Hall–Kier alpha value is -0.470. The van der Waals surface area contributed by atoms with Crippen LogP contribution in [0.1, 0.15) is 44.1 Å². The smallest absolute Gasteiger partial charge is 0.0108 e. The Kier molecular flexibility index (Phi) is 4.49. The summed E-state index contributed by atoms with van der Waals surface area (Å²) in [5.74, 6) is 3.82. The molecule has 0 aromatic heterocycles. The maximum atomic E-state index is 3.76. The molecule has 0 bridgehead atoms. The van der Waals surface area contributed by atoms with Gasteiger partial charge in [0.1, 0.15) is 0 Å². The van der Waals surface area contributed by atoms with Gasteiger partial charge in [-0.2, -0.15) is 0 Å². The van der Waals surface area contributed by atoms with E-state index < -0.39 is 0 Å². The van der Waals surface area contributed by atoms with Gasteiger partial charge in [0, 0.05) is 23.1 Å². The van der Waals surface area contributed by atoms with E-state index >= 15 is 0 Å². The van der Waals surface area contributed by atoms with Crippen molar-refractivity contribution in [3.05, 3.63) is 29.8 Å². The molecule has 3 unspecified atom stereocenters. The van der Waals surface area contributed by atoms with E-state index in [1.54, 1.807) is 5.56 Å². The predicted octanol–water partition coefficient (Wildman–Crippen LogP) is 4.29. The van der Waals surface area contributed by atoms with E-state index in [4.69, 9.17) is 0 Å². The molecule has 1 N–H and O–H groups in total. The summed E-state index contributed by atoms with van der Waals surface area (Å²) in [5.41, 5.74) is 1.57. The summed E-state index contributed by atoms with van der Waals surface area (Å²) >= 11 is 2.02. The molecule has 0 radical (unpaired) electrons. The maximum Gasteiger partial charge on any atom is 0.0108 e. The molecule has 1 aromatic carbocycles. The van der Waals surface area contributed by atoms with E-state index in [1.807, 2.05) is 11.8 Å². The summed E-state index contributed by atoms with van der Waals surface area (Å²) in [6.45, 7) is 4.82. The molecule has 1 saturated carbocycles. The van der Waals surface area contributed by atoms with Crippen molar-refractivity contribution in [2.24, 2.45) is 11.8 Å². The van der Waals surface area contributed by atoms with Crippen molar-refractivity contribution in [3.8, 4) is 0 Å². The van der Waals surface area contributed by atoms with Crippen LogP contribution in [0.25, 0.3) is 0 Å². The van der Waals surface area contributed by atoms with Crippen molar-refractivity contribution >= 4 is 11.8 Å². The quantitative estimate of drug-likeness (QED) is 0.879. The lowest BCUT2D eigenvalue weighted by Crippen LogP contribution is -2.32. The van der Waals surface area contributed by atoms with Gasteiger partial charge < -0.3 is 5.32 Å². The van der Waals surface area contributed by atoms with Gasteiger partial charge in [0.05, 0.1) is 0 Å². The van der Waals surface area contributed by atoms with Gasteiger partial charge in [0.25, 0.3) is 0 Å². The average Bonchev–Trinajstić information content (AvgIpc) is 2.85. The SMILES string of the molecule is CC1CCCCC1CNCC1CSc2ccccc21. The molecule has 3 rings (SSSR count). The fraction of sp³-hybridized carbons (Fsp3) is 0.647. The molecule has 19 heavy (non-hydrogen) atoms. The Morgan fingerprint density at radius 2 is 2.00 bits per heavy atom. The summed E-state index contributed by atoms with van der Waals surface area (Å²) in [4.78, 5) is 1.50. The molecule has 1 nitrogen and oxygen atoms in total. The normalized spacial score (nSPS) is 30.3. The lowest BCUT2D eigenvalue weighted by Gasteiger charge is -2.29. The van der Waals surface area contributed by atoms with Crippen molar-refractivity contribution in [2.75, 3.05) is 18.8 Å². The van der Waals surface area contributed by atoms with Crippen LogP contribution in [0.5, 0.6) is 0 Å². The lowest BCUT2D eigenvalue weighted by molar-refractivity contribution is 0.247. The van der Waals surface area contributed by atoms with Gasteiger partial charge in [-0.15, -0.1) is 11.8 Å². The van der Waals surface area contributed by atoms with Crippen LogP contribution in [-0.4, -0.2) is 18.8 Å². The number of benzene rings is 1. The van der Waals surface area contributed by atoms with Gasteiger partial charge in [-0.25, -0.2) is 0 Å². The fourth-order valence-electron chi connectivity index (χ4n) is 3.54. The molecular formula is C17H25NS. The molecule has 104 valence electrons. The van der Waals surface area contributed by atoms with Gasteiger partial charge >= 0.3 is 0 Å². The van der Waals surface area contributed by atoms with Crippen molar-refractivity contribution in [2.45, 2.75) is 43.4 Å². The van der Waals surface area contributed by atoms with Gasteiger partial charge in [-0.05, 0) is 36.4 Å². The number of nitrogens with one attached hydrogen (secondary N) is 1. The summed E-state index contributed by atoms with van der Waals surface area (Å²) in [6, 6.07) is 8.92. The molecule has 0 spiro atoms. The largest absolute Gasteiger partial charge is 0.316 e. The molecule has 0 saturated heterocycles. The number of hydrogen-bond acceptors (Lipinski definition) is 2. The summed E-state index contributed by atoms with van der Waals surface area (Å²) in [6.07, 6.45) is 5.77. The van der Waals surface area contributed by atoms with Gasteiger partial charge in [0.15, 0.2) is 0 Å². The first-order valence-electron chi connectivity index (χ1n) is 7.77. The average molecular weight is 275 g/mol. The van der Waals surface area contributed by atoms with Crippen molar-refractivity contribution in [1.82, 2.24) is 5.32 Å². The van der Waals surface area contributed by atoms with Crippen molar-refractivity contribution in [3.63, 3.8) is 0 Å². The molecule has 1 aromatic rings. The highest BCUT2D eigenvalue weighted by molar-refractivity contribution is 7.99. The van der Waals surface area contributed by atoms with E-state index in [-0.39, 0.29) is 0 Å². The predicted molar refractivity (Wildman–Crippen MR) is 83.9 cm³/mol. The van der Waals surface area contributed by atoms with E-state index in [0.29, 0.717) is 0 Å². The van der Waals surface area contributed by atoms with E-state index in [0.717, 1.165) is 24.3 Å². The zero-order valence-electron chi connectivity index (χ0n) is 11.9. The summed E-state index contributed by atoms with van der Waals surface area (Å²) in [5, 5.41) is 3.76. The van der Waals surface area contributed by atoms with Gasteiger partial charge in [0.2, 0.25) is 0 Å². The molecule has 1 aliphatic carbocycles. The third-order valence-corrected chi connectivity index (χ3v) is 6.14. The first-order valence-corrected chi connectivity index (χ1v) is 8.75. The standard InChI is InChI=1S/C17H25NS/c1-13-6-2-3-7-14(13)10-18-11-15-12-19-17-9-5-4-8-16(15)17/h4-5,8-9,13-15,18H,2-3,6-7,10-12H2,1H3. The van der Waals surface area contributed by atoms with Crippen LogP contribution >= 0.6 is 11.8 Å². The van der Waals surface area contributed by atoms with Crippen molar-refractivity contribution < 1.29 is 0 Å². The highest BCUT2D eigenvalue weighted by atomic mass is 32.2. The van der Waals surface area contributed by atoms with Crippen LogP contribution in [0, 0.1) is 11.8 Å². The third kappa shape index (κ3) is 3.17. The molecule has 1 heterocycles. The second-order valence-electron chi connectivity index (χ2n) is 6.23. The summed E-state index contributed by atoms with van der Waals surface area (Å²) in [7, 11) is 0. The van der Waals surface area contributed by atoms with E-state index in [9.17, 15) is 0 Å². The molecule has 1 aliphatic heterocycles. The minimum Gasteiger partial charge on any atom is -0.316 e. The van der Waals surface area contributed by atoms with Gasteiger partial charge in [-0.3, -0.25) is 0 Å². The van der Waals surface area contributed by atoms with Crippen LogP contribution < -0.4 is 5.32 Å². The summed E-state index contributed by atoms with van der Waals surface area (Å²) < 4.78 is 0. The second kappa shape index (κ2) is 6.32. The Morgan fingerprint density at radius 1 is 1.16 bits per heavy atom. The fourth-order valence-corrected chi connectivity index (χ4v) is 4.79. The Labute approximate surface area is 121 Å². The zero-order chi connectivity index (χ0) is 13.1. The minimum atomic E-state index is 0.722. The van der Waals surface area contributed by atoms with Crippen LogP contribution in [0.4, 0.5) is 0 Å². The van der Waals surface area contributed by atoms with Crippen molar-refractivity contribution in [1.29, 1.82) is 0 Å². The lowest BCUT2D eigenvalue weighted by atomic mass is 9.80. The Balaban J connectivity index is 1.48. The molecule has 3 atom stereocenters. The molecule has 1 fully saturated rings. The number of hydrogen-bond donors (Lipinski definition) is 1. The van der Waals surface area contributed by atoms with E-state index in [2.05, 4.69) is 36.5 Å². The highest BCUT2D eigenvalue weighted by Gasteiger charge is 2.24. The van der Waals surface area contributed by atoms with E-state index in [1.165, 1.54) is 42.9 Å². The van der Waals surface area contributed by atoms with Crippen LogP contribution in [-0.2, 0) is 0 Å². The monoisotopic (exact) mass is 275 g/mol. The molecule has 2 aliphatic rings. The Morgan fingerprint density at radius 3 is 2.89 bits per heavy atom. The highest BCUT2D eigenvalue weighted by Crippen LogP contribution is 2.38. The topological polar surface area (TPSA) is 12.0 Å². The number of rotatable bonds is 4. The second-order valence-corrected chi connectivity index (χ2v) is 7.29. The molecular weight excluding hydrogens is 250 g/mol. The minimum absolute atomic E-state index is 0.722. The first-order chi connectivity index (χ1) is 9.34. The zero-order valence-corrected chi connectivity index (χ0v) is 12.7. The molecule has 2 heteroatoms. The van der Waals surface area contributed by atoms with Gasteiger partial charge in [-0.1, -0.05) is 44.4 Å². The first kappa shape index (κ1) is 13.5.